The second kappa shape index (κ2) is 8.30. The lowest BCUT2D eigenvalue weighted by molar-refractivity contribution is -0.130. The summed E-state index contributed by atoms with van der Waals surface area (Å²) in [6.45, 7) is 1.85. The molecular formula is C26H22N2O4. The number of pyridine rings is 1. The fourth-order valence-electron chi connectivity index (χ4n) is 3.62. The normalized spacial score (nSPS) is 14.2. The number of hydrogen-bond acceptors (Lipinski definition) is 5. The lowest BCUT2D eigenvalue weighted by atomic mass is 10.1. The third-order valence-corrected chi connectivity index (χ3v) is 5.42. The average Bonchev–Trinajstić information content (AvgIpc) is 3.53. The number of rotatable bonds is 6. The van der Waals surface area contributed by atoms with E-state index in [-0.39, 0.29) is 11.9 Å². The van der Waals surface area contributed by atoms with Crippen molar-refractivity contribution in [1.82, 2.24) is 10.3 Å². The van der Waals surface area contributed by atoms with Crippen LogP contribution in [0.25, 0.3) is 22.4 Å². The van der Waals surface area contributed by atoms with Crippen LogP contribution in [0.3, 0.4) is 0 Å². The van der Waals surface area contributed by atoms with Crippen LogP contribution in [-0.2, 0) is 9.53 Å². The van der Waals surface area contributed by atoms with Crippen LogP contribution in [0.15, 0.2) is 77.2 Å². The van der Waals surface area contributed by atoms with Crippen LogP contribution < -0.4 is 5.32 Å². The Balaban J connectivity index is 1.53. The third-order valence-electron chi connectivity index (χ3n) is 5.42. The Kier molecular flexibility index (Phi) is 5.19. The van der Waals surface area contributed by atoms with Gasteiger partial charge in [0, 0.05) is 17.0 Å². The van der Waals surface area contributed by atoms with Crippen LogP contribution in [0.4, 0.5) is 0 Å². The monoisotopic (exact) mass is 426 g/mol. The summed E-state index contributed by atoms with van der Waals surface area (Å²) in [5, 5.41) is 3.59. The molecule has 6 heteroatoms. The van der Waals surface area contributed by atoms with E-state index in [1.807, 2.05) is 61.5 Å². The van der Waals surface area contributed by atoms with Crippen LogP contribution in [0.2, 0.25) is 0 Å². The van der Waals surface area contributed by atoms with Gasteiger partial charge in [-0.05, 0) is 44.0 Å². The molecule has 0 spiro atoms. The number of carbonyl (C=O) groups is 2. The number of furan rings is 1. The van der Waals surface area contributed by atoms with E-state index in [0.29, 0.717) is 33.5 Å². The van der Waals surface area contributed by atoms with Gasteiger partial charge in [-0.25, -0.2) is 9.78 Å². The second-order valence-electron chi connectivity index (χ2n) is 7.96. The molecule has 1 aliphatic carbocycles. The number of esters is 1. The van der Waals surface area contributed by atoms with Gasteiger partial charge in [-0.1, -0.05) is 48.5 Å². The maximum atomic E-state index is 13.4. The first-order valence-electron chi connectivity index (χ1n) is 10.6. The molecule has 1 fully saturated rings. The van der Waals surface area contributed by atoms with E-state index < -0.39 is 12.1 Å². The number of benzene rings is 2. The molecule has 0 saturated heterocycles. The number of aromatic nitrogens is 1. The van der Waals surface area contributed by atoms with E-state index in [1.54, 1.807) is 18.2 Å². The van der Waals surface area contributed by atoms with Crippen molar-refractivity contribution >= 4 is 22.8 Å². The van der Waals surface area contributed by atoms with Gasteiger partial charge in [0.2, 0.25) is 6.10 Å². The summed E-state index contributed by atoms with van der Waals surface area (Å²) in [6.07, 6.45) is 0.857. The Labute approximate surface area is 185 Å². The number of nitrogens with zero attached hydrogens (tertiary/aromatic N) is 1. The van der Waals surface area contributed by atoms with Gasteiger partial charge in [0.05, 0.1) is 11.1 Å². The van der Waals surface area contributed by atoms with Crippen LogP contribution in [-0.4, -0.2) is 22.9 Å². The fourth-order valence-corrected chi connectivity index (χ4v) is 3.62. The van der Waals surface area contributed by atoms with Crippen LogP contribution in [0, 0.1) is 6.92 Å². The Hall–Kier alpha value is -3.93. The van der Waals surface area contributed by atoms with Crippen molar-refractivity contribution in [2.75, 3.05) is 0 Å². The summed E-state index contributed by atoms with van der Waals surface area (Å²) in [5.74, 6) is 0.411. The number of nitrogens with one attached hydrogen (secondary N) is 1. The maximum absolute atomic E-state index is 13.4. The second-order valence-corrected chi connectivity index (χ2v) is 7.96. The van der Waals surface area contributed by atoms with Crippen molar-refractivity contribution in [3.8, 4) is 11.5 Å². The molecule has 1 aliphatic rings. The van der Waals surface area contributed by atoms with E-state index in [9.17, 15) is 9.59 Å². The molecule has 32 heavy (non-hydrogen) atoms. The lowest BCUT2D eigenvalue weighted by Crippen LogP contribution is -2.33. The molecule has 1 amide bonds. The minimum Gasteiger partial charge on any atom is -0.460 e. The summed E-state index contributed by atoms with van der Waals surface area (Å²) < 4.78 is 11.5. The molecule has 6 nitrogen and oxygen atoms in total. The Bertz CT molecular complexity index is 1290. The zero-order chi connectivity index (χ0) is 22.1. The number of hydrogen-bond donors (Lipinski definition) is 1. The zero-order valence-corrected chi connectivity index (χ0v) is 17.6. The van der Waals surface area contributed by atoms with Crippen LogP contribution >= 0.6 is 0 Å². The van der Waals surface area contributed by atoms with E-state index in [2.05, 4.69) is 10.3 Å². The molecule has 4 aromatic rings. The van der Waals surface area contributed by atoms with Gasteiger partial charge in [-0.2, -0.15) is 0 Å². The minimum atomic E-state index is -1.04. The molecule has 1 unspecified atom stereocenters. The topological polar surface area (TPSA) is 81.4 Å². The van der Waals surface area contributed by atoms with Crippen molar-refractivity contribution in [2.45, 2.75) is 31.9 Å². The first-order chi connectivity index (χ1) is 15.6. The molecule has 2 aromatic heterocycles. The highest BCUT2D eigenvalue weighted by molar-refractivity contribution is 6.05. The SMILES string of the molecule is Cc1ccc(-c2cc(C(=O)OC(C(=O)NC3CC3)c3ccccc3)c3ccccc3n2)o1. The van der Waals surface area contributed by atoms with Crippen LogP contribution in [0.5, 0.6) is 0 Å². The smallest absolute Gasteiger partial charge is 0.340 e. The predicted molar refractivity (Wildman–Crippen MR) is 120 cm³/mol. The number of carbonyl (C=O) groups excluding carboxylic acids is 2. The number of para-hydroxylation sites is 1. The highest BCUT2D eigenvalue weighted by atomic mass is 16.5. The lowest BCUT2D eigenvalue weighted by Gasteiger charge is -2.18. The van der Waals surface area contributed by atoms with E-state index in [0.717, 1.165) is 18.6 Å². The largest absolute Gasteiger partial charge is 0.460 e. The Morgan fingerprint density at radius 3 is 2.50 bits per heavy atom. The molecule has 0 aliphatic heterocycles. The molecule has 1 saturated carbocycles. The minimum absolute atomic E-state index is 0.156. The summed E-state index contributed by atoms with van der Waals surface area (Å²) in [4.78, 5) is 30.9. The van der Waals surface area contributed by atoms with Gasteiger partial charge in [0.1, 0.15) is 11.5 Å². The summed E-state index contributed by atoms with van der Waals surface area (Å²) in [6, 6.07) is 21.9. The van der Waals surface area contributed by atoms with Gasteiger partial charge in [-0.15, -0.1) is 0 Å². The summed E-state index contributed by atoms with van der Waals surface area (Å²) >= 11 is 0. The van der Waals surface area contributed by atoms with Crippen LogP contribution in [0.1, 0.15) is 40.6 Å². The van der Waals surface area contributed by atoms with Gasteiger partial charge in [0.15, 0.2) is 5.76 Å². The zero-order valence-electron chi connectivity index (χ0n) is 17.6. The molecule has 0 radical (unpaired) electrons. The van der Waals surface area contributed by atoms with Gasteiger partial charge < -0.3 is 14.5 Å². The van der Waals surface area contributed by atoms with Crippen molar-refractivity contribution in [1.29, 1.82) is 0 Å². The van der Waals surface area contributed by atoms with Gasteiger partial charge in [-0.3, -0.25) is 4.79 Å². The summed E-state index contributed by atoms with van der Waals surface area (Å²) in [7, 11) is 0. The first-order valence-corrected chi connectivity index (χ1v) is 10.6. The quantitative estimate of drug-likeness (QED) is 0.440. The first kappa shape index (κ1) is 20.0. The summed E-state index contributed by atoms with van der Waals surface area (Å²) in [5.41, 5.74) is 2.13. The molecule has 1 N–H and O–H groups in total. The van der Waals surface area contributed by atoms with E-state index in [4.69, 9.17) is 9.15 Å². The van der Waals surface area contributed by atoms with E-state index in [1.165, 1.54) is 0 Å². The number of ether oxygens (including phenoxy) is 1. The van der Waals surface area contributed by atoms with E-state index >= 15 is 0 Å². The number of fused-ring (bicyclic) bond motifs is 1. The molecular weight excluding hydrogens is 404 g/mol. The van der Waals surface area contributed by atoms with Crippen molar-refractivity contribution in [3.05, 3.63) is 89.7 Å². The Morgan fingerprint density at radius 2 is 1.78 bits per heavy atom. The predicted octanol–water partition coefficient (Wildman–Crippen LogP) is 4.98. The Morgan fingerprint density at radius 1 is 1.03 bits per heavy atom. The molecule has 1 atom stereocenters. The molecule has 5 rings (SSSR count). The van der Waals surface area contributed by atoms with Gasteiger partial charge in [0.25, 0.3) is 5.91 Å². The van der Waals surface area contributed by atoms with Crippen molar-refractivity contribution in [3.63, 3.8) is 0 Å². The number of aryl methyl sites for hydroxylation is 1. The highest BCUT2D eigenvalue weighted by Gasteiger charge is 2.31. The van der Waals surface area contributed by atoms with Crippen molar-refractivity contribution < 1.29 is 18.7 Å². The fraction of sp³-hybridized carbons (Fsp3) is 0.192. The third kappa shape index (κ3) is 4.12. The standard InChI is InChI=1S/C26H22N2O4/c1-16-11-14-23(31-16)22-15-20(19-9-5-6-10-21(19)28-22)26(30)32-24(17-7-3-2-4-8-17)25(29)27-18-12-13-18/h2-11,14-15,18,24H,12-13H2,1H3,(H,27,29). The number of amides is 1. The maximum Gasteiger partial charge on any atom is 0.340 e. The van der Waals surface area contributed by atoms with Crippen molar-refractivity contribution in [2.24, 2.45) is 0 Å². The molecule has 2 heterocycles. The molecule has 0 bridgehead atoms. The molecule has 2 aromatic carbocycles. The average molecular weight is 426 g/mol. The highest BCUT2D eigenvalue weighted by Crippen LogP contribution is 2.29. The molecule has 160 valence electrons. The van der Waals surface area contributed by atoms with Gasteiger partial charge >= 0.3 is 5.97 Å².